The quantitative estimate of drug-likeness (QED) is 0.0166. The summed E-state index contributed by atoms with van der Waals surface area (Å²) < 4.78 is 2.00. The smallest absolute Gasteiger partial charge is 0.326 e. The molecule has 354 valence electrons. The second-order valence-electron chi connectivity index (χ2n) is 15.9. The number of nitrogens with zero attached hydrogens (tertiary/aromatic N) is 5. The van der Waals surface area contributed by atoms with Gasteiger partial charge in [0.15, 0.2) is 5.78 Å². The number of aromatic hydroxyl groups is 2. The number of phenols is 2. The number of imide groups is 1. The Labute approximate surface area is 438 Å². The van der Waals surface area contributed by atoms with Gasteiger partial charge in [-0.3, -0.25) is 14.9 Å². The van der Waals surface area contributed by atoms with Gasteiger partial charge in [-0.25, -0.2) is 10.3 Å². The van der Waals surface area contributed by atoms with Gasteiger partial charge in [0.25, 0.3) is 5.91 Å². The SMILES string of the molecule is O=C(NC(=O)c1ccc2c(N=Nc3ccc(-c4ccc(C(=O)c5ccc(N=Nc6c(O)ccc7cc(CON=CONc8cccc(I)c8)ccc67)cc5)cc4)cc3)c(O)ccc2c1)Nc1cccc(I)c1. The van der Waals surface area contributed by atoms with E-state index in [1.165, 1.54) is 12.5 Å². The number of nitrogens with one attached hydrogen (secondary N) is 3. The lowest BCUT2D eigenvalue weighted by molar-refractivity contribution is 0.0966. The van der Waals surface area contributed by atoms with E-state index in [-0.39, 0.29) is 35.1 Å². The van der Waals surface area contributed by atoms with Gasteiger partial charge < -0.3 is 25.2 Å². The molecule has 0 spiro atoms. The lowest BCUT2D eigenvalue weighted by Crippen LogP contribution is -2.34. The highest BCUT2D eigenvalue weighted by molar-refractivity contribution is 14.1. The lowest BCUT2D eigenvalue weighted by Gasteiger charge is -2.09. The van der Waals surface area contributed by atoms with Gasteiger partial charge in [0.05, 0.1) is 17.1 Å². The van der Waals surface area contributed by atoms with Crippen LogP contribution in [0.3, 0.4) is 0 Å². The average Bonchev–Trinajstić information content (AvgIpc) is 3.39. The number of phenolic OH excluding ortho intramolecular Hbond substituents is 2. The Kier molecular flexibility index (Phi) is 15.1. The number of amides is 3. The molecule has 0 saturated carbocycles. The van der Waals surface area contributed by atoms with Gasteiger partial charge >= 0.3 is 6.03 Å². The molecule has 9 aromatic carbocycles. The second kappa shape index (κ2) is 22.5. The van der Waals surface area contributed by atoms with Gasteiger partial charge in [0.1, 0.15) is 29.5 Å². The molecule has 0 radical (unpaired) electrons. The number of halogens is 2. The maximum Gasteiger partial charge on any atom is 0.326 e. The molecular weight excluding hydrogens is 1140 g/mol. The van der Waals surface area contributed by atoms with E-state index in [0.29, 0.717) is 50.0 Å². The van der Waals surface area contributed by atoms with Crippen LogP contribution in [0.1, 0.15) is 31.8 Å². The number of benzene rings is 9. The van der Waals surface area contributed by atoms with Gasteiger partial charge in [-0.15, -0.1) is 10.2 Å². The van der Waals surface area contributed by atoms with Crippen LogP contribution in [0.15, 0.2) is 208 Å². The molecule has 0 aliphatic rings. The molecule has 3 amide bonds. The largest absolute Gasteiger partial charge is 0.506 e. The summed E-state index contributed by atoms with van der Waals surface area (Å²) in [6.45, 7) is 0.188. The van der Waals surface area contributed by atoms with Crippen LogP contribution in [-0.2, 0) is 16.3 Å². The number of rotatable bonds is 15. The van der Waals surface area contributed by atoms with Crippen LogP contribution in [0, 0.1) is 7.14 Å². The fraction of sp³-hybridized carbons (Fsp3) is 0.0182. The lowest BCUT2D eigenvalue weighted by atomic mass is 9.99. The van der Waals surface area contributed by atoms with Crippen molar-refractivity contribution in [2.24, 2.45) is 25.6 Å². The first kappa shape index (κ1) is 48.5. The summed E-state index contributed by atoms with van der Waals surface area (Å²) in [6, 6.07) is 52.4. The first-order valence-electron chi connectivity index (χ1n) is 21.9. The number of anilines is 2. The standard InChI is InChI=1S/C55H38I2N8O7/c56-41-3-1-5-45(29-41)59-55(70)60-54(69)40-16-24-48-39(28-40)18-26-50(67)52(48)64-61-43-19-12-35(13-20-43)34-8-10-36(11-9-34)53(68)37-14-21-44(22-15-37)62-63-51-47-23-7-33(27-38(47)17-25-49(51)66)31-71-58-32-72-65-46-6-2-4-42(57)30-46/h1-30,32,65-67H,31H2,(H2,59,60,69,70). The predicted octanol–water partition coefficient (Wildman–Crippen LogP) is 14.8. The van der Waals surface area contributed by atoms with Crippen molar-refractivity contribution in [1.82, 2.24) is 5.32 Å². The highest BCUT2D eigenvalue weighted by atomic mass is 127. The number of fused-ring (bicyclic) bond motifs is 2. The molecule has 9 aromatic rings. The molecule has 0 saturated heterocycles. The van der Waals surface area contributed by atoms with Crippen molar-refractivity contribution in [1.29, 1.82) is 0 Å². The zero-order chi connectivity index (χ0) is 50.0. The number of carbonyl (C=O) groups is 3. The van der Waals surface area contributed by atoms with Gasteiger partial charge in [-0.2, -0.15) is 10.2 Å². The number of oxime groups is 1. The van der Waals surface area contributed by atoms with E-state index in [1.54, 1.807) is 103 Å². The average molecular weight is 1180 g/mol. The second-order valence-corrected chi connectivity index (χ2v) is 18.4. The van der Waals surface area contributed by atoms with Crippen molar-refractivity contribution in [2.75, 3.05) is 10.8 Å². The minimum atomic E-state index is -0.663. The zero-order valence-corrected chi connectivity index (χ0v) is 41.8. The molecule has 72 heavy (non-hydrogen) atoms. The molecule has 0 atom stereocenters. The van der Waals surface area contributed by atoms with Crippen LogP contribution in [0.5, 0.6) is 11.5 Å². The number of hydrogen-bond donors (Lipinski definition) is 5. The minimum absolute atomic E-state index is 0.0300. The first-order valence-corrected chi connectivity index (χ1v) is 24.1. The summed E-state index contributed by atoms with van der Waals surface area (Å²) in [4.78, 5) is 49.5. The third-order valence-electron chi connectivity index (χ3n) is 11.0. The maximum atomic E-state index is 13.5. The monoisotopic (exact) mass is 1180 g/mol. The van der Waals surface area contributed by atoms with Gasteiger partial charge in [-0.1, -0.05) is 84.0 Å². The van der Waals surface area contributed by atoms with Crippen LogP contribution < -0.4 is 16.1 Å². The van der Waals surface area contributed by atoms with Gasteiger partial charge in [-0.05, 0) is 176 Å². The Hall–Kier alpha value is -8.56. The Morgan fingerprint density at radius 1 is 0.542 bits per heavy atom. The van der Waals surface area contributed by atoms with E-state index in [0.717, 1.165) is 34.9 Å². The van der Waals surface area contributed by atoms with Crippen molar-refractivity contribution in [3.63, 3.8) is 0 Å². The summed E-state index contributed by atoms with van der Waals surface area (Å²) in [7, 11) is 0. The summed E-state index contributed by atoms with van der Waals surface area (Å²) in [5, 5.41) is 50.3. The fourth-order valence-electron chi connectivity index (χ4n) is 7.40. The molecule has 0 aliphatic heterocycles. The molecule has 5 N–H and O–H groups in total. The van der Waals surface area contributed by atoms with Crippen molar-refractivity contribution in [2.45, 2.75) is 6.61 Å². The highest BCUT2D eigenvalue weighted by Gasteiger charge is 2.15. The molecule has 15 nitrogen and oxygen atoms in total. The molecule has 0 aliphatic carbocycles. The maximum absolute atomic E-state index is 13.5. The molecule has 0 unspecified atom stereocenters. The van der Waals surface area contributed by atoms with E-state index >= 15 is 0 Å². The number of hydrogen-bond acceptors (Lipinski definition) is 13. The summed E-state index contributed by atoms with van der Waals surface area (Å²) in [5.41, 5.74) is 9.50. The molecule has 0 bridgehead atoms. The first-order chi connectivity index (χ1) is 35.0. The summed E-state index contributed by atoms with van der Waals surface area (Å²) in [6.07, 6.45) is 1.17. The number of ketones is 1. The van der Waals surface area contributed by atoms with E-state index in [9.17, 15) is 24.6 Å². The van der Waals surface area contributed by atoms with Crippen molar-refractivity contribution in [3.05, 3.63) is 211 Å². The van der Waals surface area contributed by atoms with E-state index < -0.39 is 11.9 Å². The Morgan fingerprint density at radius 2 is 1.07 bits per heavy atom. The van der Waals surface area contributed by atoms with Crippen LogP contribution >= 0.6 is 45.2 Å². The van der Waals surface area contributed by atoms with Crippen molar-refractivity contribution < 1.29 is 34.3 Å². The normalized spacial score (nSPS) is 11.4. The van der Waals surface area contributed by atoms with Crippen LogP contribution in [0.2, 0.25) is 0 Å². The zero-order valence-electron chi connectivity index (χ0n) is 37.5. The van der Waals surface area contributed by atoms with Crippen LogP contribution in [0.25, 0.3) is 32.7 Å². The summed E-state index contributed by atoms with van der Waals surface area (Å²) >= 11 is 4.35. The van der Waals surface area contributed by atoms with Crippen LogP contribution in [-0.4, -0.2) is 34.3 Å². The molecular formula is C55H38I2N8O7. The van der Waals surface area contributed by atoms with E-state index in [4.69, 9.17) is 9.68 Å². The molecule has 0 aromatic heterocycles. The topological polar surface area (TPSA) is 208 Å². The third-order valence-corrected chi connectivity index (χ3v) is 12.3. The van der Waals surface area contributed by atoms with Crippen molar-refractivity contribution >= 4 is 125 Å². The third kappa shape index (κ3) is 12.1. The Balaban J connectivity index is 0.786. The Morgan fingerprint density at radius 3 is 1.69 bits per heavy atom. The Bertz CT molecular complexity index is 3590. The molecule has 0 fully saturated rings. The number of carbonyl (C=O) groups excluding carboxylic acids is 3. The van der Waals surface area contributed by atoms with E-state index in [2.05, 4.69) is 86.9 Å². The van der Waals surface area contributed by atoms with E-state index in [1.807, 2.05) is 72.8 Å². The van der Waals surface area contributed by atoms with Crippen LogP contribution in [0.4, 0.5) is 38.9 Å². The minimum Gasteiger partial charge on any atom is -0.506 e. The molecule has 0 heterocycles. The van der Waals surface area contributed by atoms with Gasteiger partial charge in [0.2, 0.25) is 6.40 Å². The number of urea groups is 1. The van der Waals surface area contributed by atoms with Gasteiger partial charge in [0, 0.05) is 40.3 Å². The summed E-state index contributed by atoms with van der Waals surface area (Å²) in [5.74, 6) is -0.878. The predicted molar refractivity (Wildman–Crippen MR) is 294 cm³/mol. The number of azo groups is 2. The van der Waals surface area contributed by atoms with Crippen molar-refractivity contribution in [3.8, 4) is 22.6 Å². The fourth-order valence-corrected chi connectivity index (χ4v) is 8.49. The molecule has 17 heteroatoms. The highest BCUT2D eigenvalue weighted by Crippen LogP contribution is 2.38. The molecule has 9 rings (SSSR count).